The van der Waals surface area contributed by atoms with E-state index in [1.807, 2.05) is 13.0 Å². The summed E-state index contributed by atoms with van der Waals surface area (Å²) < 4.78 is 1.33. The summed E-state index contributed by atoms with van der Waals surface area (Å²) in [4.78, 5) is 10.9. The van der Waals surface area contributed by atoms with E-state index >= 15 is 0 Å². The van der Waals surface area contributed by atoms with Crippen LogP contribution < -0.4 is 0 Å². The van der Waals surface area contributed by atoms with Crippen molar-refractivity contribution in [2.45, 2.75) is 20.3 Å². The van der Waals surface area contributed by atoms with E-state index in [4.69, 9.17) is 0 Å². The molecule has 0 amide bonds. The number of fused-ring (bicyclic) bond motifs is 1. The van der Waals surface area contributed by atoms with E-state index in [0.29, 0.717) is 0 Å². The van der Waals surface area contributed by atoms with Crippen LogP contribution in [0.4, 0.5) is 0 Å². The Morgan fingerprint density at radius 3 is 2.93 bits per heavy atom. The third-order valence-corrected chi connectivity index (χ3v) is 3.62. The molecule has 14 heavy (non-hydrogen) atoms. The molecular formula is C12H12OS. The summed E-state index contributed by atoms with van der Waals surface area (Å²) >= 11 is 1.76. The SMILES string of the molecule is CCc1cc(C=O)c(C)c2ccsc12. The highest BCUT2D eigenvalue weighted by Gasteiger charge is 2.08. The highest BCUT2D eigenvalue weighted by atomic mass is 32.1. The van der Waals surface area contributed by atoms with Crippen molar-refractivity contribution in [3.05, 3.63) is 34.2 Å². The summed E-state index contributed by atoms with van der Waals surface area (Å²) in [5.74, 6) is 0. The number of carbonyl (C=O) groups is 1. The fourth-order valence-corrected chi connectivity index (χ4v) is 2.80. The molecule has 1 heterocycles. The van der Waals surface area contributed by atoms with Gasteiger partial charge in [-0.1, -0.05) is 6.92 Å². The molecule has 0 unspecified atom stereocenters. The molecule has 0 spiro atoms. The molecule has 0 fully saturated rings. The number of aryl methyl sites for hydroxylation is 2. The van der Waals surface area contributed by atoms with Crippen molar-refractivity contribution in [1.29, 1.82) is 0 Å². The lowest BCUT2D eigenvalue weighted by Crippen LogP contribution is -1.91. The third kappa shape index (κ3) is 1.26. The van der Waals surface area contributed by atoms with Gasteiger partial charge in [0.1, 0.15) is 6.29 Å². The van der Waals surface area contributed by atoms with E-state index in [9.17, 15) is 4.79 Å². The highest BCUT2D eigenvalue weighted by Crippen LogP contribution is 2.30. The Hall–Kier alpha value is -1.15. The summed E-state index contributed by atoms with van der Waals surface area (Å²) in [5, 5.41) is 3.32. The van der Waals surface area contributed by atoms with Crippen LogP contribution in [0.25, 0.3) is 10.1 Å². The second kappa shape index (κ2) is 3.54. The minimum absolute atomic E-state index is 0.827. The van der Waals surface area contributed by atoms with Crippen LogP contribution in [0.2, 0.25) is 0 Å². The number of hydrogen-bond donors (Lipinski definition) is 0. The molecule has 1 aromatic heterocycles. The Morgan fingerprint density at radius 1 is 1.50 bits per heavy atom. The monoisotopic (exact) mass is 204 g/mol. The van der Waals surface area contributed by atoms with Gasteiger partial charge in [-0.25, -0.2) is 0 Å². The molecule has 0 radical (unpaired) electrons. The standard InChI is InChI=1S/C12H12OS/c1-3-9-6-10(7-13)8(2)11-4-5-14-12(9)11/h4-7H,3H2,1-2H3. The van der Waals surface area contributed by atoms with Crippen molar-refractivity contribution in [2.24, 2.45) is 0 Å². The first kappa shape index (κ1) is 9.41. The Morgan fingerprint density at radius 2 is 2.29 bits per heavy atom. The first-order valence-corrected chi connectivity index (χ1v) is 5.60. The van der Waals surface area contributed by atoms with Crippen molar-refractivity contribution in [3.8, 4) is 0 Å². The van der Waals surface area contributed by atoms with Crippen LogP contribution >= 0.6 is 11.3 Å². The van der Waals surface area contributed by atoms with E-state index in [1.165, 1.54) is 15.6 Å². The quantitative estimate of drug-likeness (QED) is 0.683. The number of carbonyl (C=O) groups excluding carboxylic acids is 1. The van der Waals surface area contributed by atoms with Crippen LogP contribution in [-0.2, 0) is 6.42 Å². The molecule has 0 bridgehead atoms. The number of rotatable bonds is 2. The molecule has 0 aliphatic carbocycles. The molecule has 0 N–H and O–H groups in total. The van der Waals surface area contributed by atoms with Crippen molar-refractivity contribution in [3.63, 3.8) is 0 Å². The van der Waals surface area contributed by atoms with Gasteiger partial charge >= 0.3 is 0 Å². The fourth-order valence-electron chi connectivity index (χ4n) is 1.76. The molecule has 2 aromatic rings. The number of benzene rings is 1. The smallest absolute Gasteiger partial charge is 0.150 e. The molecule has 0 aliphatic rings. The normalized spacial score (nSPS) is 10.7. The topological polar surface area (TPSA) is 17.1 Å². The van der Waals surface area contributed by atoms with E-state index in [-0.39, 0.29) is 0 Å². The maximum absolute atomic E-state index is 10.9. The first-order chi connectivity index (χ1) is 6.77. The molecule has 0 saturated carbocycles. The Balaban J connectivity index is 2.86. The van der Waals surface area contributed by atoms with Gasteiger partial charge in [0.05, 0.1) is 0 Å². The molecule has 0 aliphatic heterocycles. The van der Waals surface area contributed by atoms with Gasteiger partial charge in [0.15, 0.2) is 0 Å². The summed E-state index contributed by atoms with van der Waals surface area (Å²) in [7, 11) is 0. The Bertz CT molecular complexity index is 482. The zero-order valence-electron chi connectivity index (χ0n) is 8.33. The average molecular weight is 204 g/mol. The van der Waals surface area contributed by atoms with Gasteiger partial charge in [-0.3, -0.25) is 4.79 Å². The number of aldehydes is 1. The predicted octanol–water partition coefficient (Wildman–Crippen LogP) is 3.58. The summed E-state index contributed by atoms with van der Waals surface area (Å²) in [6.45, 7) is 4.14. The molecule has 2 heteroatoms. The van der Waals surface area contributed by atoms with Gasteiger partial charge in [-0.2, -0.15) is 0 Å². The van der Waals surface area contributed by atoms with E-state index in [0.717, 1.165) is 23.8 Å². The second-order valence-electron chi connectivity index (χ2n) is 3.38. The minimum atomic E-state index is 0.827. The zero-order valence-corrected chi connectivity index (χ0v) is 9.15. The van der Waals surface area contributed by atoms with Crippen LogP contribution in [-0.4, -0.2) is 6.29 Å². The van der Waals surface area contributed by atoms with Crippen LogP contribution in [0.15, 0.2) is 17.5 Å². The third-order valence-electron chi connectivity index (χ3n) is 2.63. The molecule has 2 rings (SSSR count). The van der Waals surface area contributed by atoms with Crippen molar-refractivity contribution >= 4 is 27.7 Å². The molecule has 1 nitrogen and oxygen atoms in total. The fraction of sp³-hybridized carbons (Fsp3) is 0.250. The highest BCUT2D eigenvalue weighted by molar-refractivity contribution is 7.17. The molecule has 72 valence electrons. The molecule has 0 saturated heterocycles. The lowest BCUT2D eigenvalue weighted by atomic mass is 10.0. The van der Waals surface area contributed by atoms with Crippen molar-refractivity contribution < 1.29 is 4.79 Å². The van der Waals surface area contributed by atoms with Crippen LogP contribution in [0.1, 0.15) is 28.4 Å². The molecule has 1 aromatic carbocycles. The lowest BCUT2D eigenvalue weighted by Gasteiger charge is -2.05. The van der Waals surface area contributed by atoms with E-state index in [2.05, 4.69) is 18.4 Å². The first-order valence-electron chi connectivity index (χ1n) is 4.72. The van der Waals surface area contributed by atoms with Crippen molar-refractivity contribution in [1.82, 2.24) is 0 Å². The summed E-state index contributed by atoms with van der Waals surface area (Å²) in [5.41, 5.74) is 3.21. The average Bonchev–Trinajstić information content (AvgIpc) is 2.68. The summed E-state index contributed by atoms with van der Waals surface area (Å²) in [6, 6.07) is 4.11. The minimum Gasteiger partial charge on any atom is -0.298 e. The van der Waals surface area contributed by atoms with Gasteiger partial charge in [0, 0.05) is 10.3 Å². The van der Waals surface area contributed by atoms with Crippen LogP contribution in [0.5, 0.6) is 0 Å². The maximum Gasteiger partial charge on any atom is 0.150 e. The lowest BCUT2D eigenvalue weighted by molar-refractivity contribution is 0.112. The number of thiophene rings is 1. The van der Waals surface area contributed by atoms with Gasteiger partial charge in [0.25, 0.3) is 0 Å². The van der Waals surface area contributed by atoms with Crippen LogP contribution in [0, 0.1) is 6.92 Å². The van der Waals surface area contributed by atoms with E-state index in [1.54, 1.807) is 11.3 Å². The van der Waals surface area contributed by atoms with Gasteiger partial charge in [-0.15, -0.1) is 11.3 Å². The molecule has 0 atom stereocenters. The van der Waals surface area contributed by atoms with Crippen molar-refractivity contribution in [2.75, 3.05) is 0 Å². The van der Waals surface area contributed by atoms with Gasteiger partial charge in [-0.05, 0) is 47.4 Å². The van der Waals surface area contributed by atoms with Gasteiger partial charge < -0.3 is 0 Å². The largest absolute Gasteiger partial charge is 0.298 e. The Kier molecular flexibility index (Phi) is 2.38. The predicted molar refractivity (Wildman–Crippen MR) is 61.3 cm³/mol. The molecular weight excluding hydrogens is 192 g/mol. The van der Waals surface area contributed by atoms with Crippen LogP contribution in [0.3, 0.4) is 0 Å². The van der Waals surface area contributed by atoms with E-state index < -0.39 is 0 Å². The number of hydrogen-bond acceptors (Lipinski definition) is 2. The zero-order chi connectivity index (χ0) is 10.1. The maximum atomic E-state index is 10.9. The van der Waals surface area contributed by atoms with Gasteiger partial charge in [0.2, 0.25) is 0 Å². The summed E-state index contributed by atoms with van der Waals surface area (Å²) in [6.07, 6.45) is 1.93. The Labute approximate surface area is 87.4 Å². The second-order valence-corrected chi connectivity index (χ2v) is 4.30.